The smallest absolute Gasteiger partial charge is 0.293 e. The van der Waals surface area contributed by atoms with E-state index in [9.17, 15) is 4.79 Å². The van der Waals surface area contributed by atoms with Crippen molar-refractivity contribution in [2.24, 2.45) is 5.92 Å². The van der Waals surface area contributed by atoms with Crippen LogP contribution in [0.2, 0.25) is 0 Å². The first kappa shape index (κ1) is 16.5. The molecule has 0 bridgehead atoms. The molecule has 3 heterocycles. The Morgan fingerprint density at radius 2 is 1.85 bits per heavy atom. The molecule has 1 aromatic rings. The first-order chi connectivity index (χ1) is 12.8. The van der Waals surface area contributed by atoms with Crippen molar-refractivity contribution >= 4 is 11.9 Å². The maximum absolute atomic E-state index is 12.9. The van der Waals surface area contributed by atoms with E-state index in [1.807, 2.05) is 4.90 Å². The minimum atomic E-state index is -0.0501. The summed E-state index contributed by atoms with van der Waals surface area (Å²) in [5, 5.41) is 8.45. The van der Waals surface area contributed by atoms with Gasteiger partial charge < -0.3 is 15.0 Å². The van der Waals surface area contributed by atoms with E-state index >= 15 is 0 Å². The van der Waals surface area contributed by atoms with Gasteiger partial charge in [-0.25, -0.2) is 4.68 Å². The van der Waals surface area contributed by atoms with E-state index < -0.39 is 0 Å². The lowest BCUT2D eigenvalue weighted by Crippen LogP contribution is -2.55. The van der Waals surface area contributed by atoms with Crippen molar-refractivity contribution in [1.82, 2.24) is 19.7 Å². The second kappa shape index (κ2) is 6.51. The number of morpholine rings is 1. The molecule has 2 aliphatic carbocycles. The molecular weight excluding hydrogens is 330 g/mol. The minimum Gasteiger partial charge on any atom is -0.378 e. The summed E-state index contributed by atoms with van der Waals surface area (Å²) in [5.74, 6) is 1.76. The highest BCUT2D eigenvalue weighted by atomic mass is 16.5. The third-order valence-electron chi connectivity index (χ3n) is 7.01. The molecule has 1 N–H and O–H groups in total. The SMILES string of the molecule is O=C(c1nc2n(n1)C1(CCCCC1)[C@H]1CCCC[C@H]1N2)N1CCOCC1. The zero-order chi connectivity index (χ0) is 17.6. The van der Waals surface area contributed by atoms with Crippen molar-refractivity contribution in [2.45, 2.75) is 69.4 Å². The summed E-state index contributed by atoms with van der Waals surface area (Å²) in [6.45, 7) is 2.47. The Labute approximate surface area is 154 Å². The molecule has 2 saturated carbocycles. The summed E-state index contributed by atoms with van der Waals surface area (Å²) in [6.07, 6.45) is 11.3. The molecule has 5 rings (SSSR count). The molecule has 2 aliphatic heterocycles. The predicted octanol–water partition coefficient (Wildman–Crippen LogP) is 2.39. The number of nitrogens with one attached hydrogen (secondary N) is 1. The third kappa shape index (κ3) is 2.54. The lowest BCUT2D eigenvalue weighted by molar-refractivity contribution is 0.0286. The van der Waals surface area contributed by atoms with E-state index in [1.54, 1.807) is 0 Å². The molecule has 1 amide bonds. The van der Waals surface area contributed by atoms with Crippen molar-refractivity contribution in [3.8, 4) is 0 Å². The second-order valence-electron chi connectivity index (χ2n) is 8.38. The van der Waals surface area contributed by atoms with E-state index in [0.717, 1.165) is 5.95 Å². The predicted molar refractivity (Wildman–Crippen MR) is 97.2 cm³/mol. The van der Waals surface area contributed by atoms with Crippen LogP contribution in [0.3, 0.4) is 0 Å². The Morgan fingerprint density at radius 3 is 2.65 bits per heavy atom. The monoisotopic (exact) mass is 359 g/mol. The molecule has 3 fully saturated rings. The minimum absolute atomic E-state index is 0.0501. The number of anilines is 1. The zero-order valence-electron chi connectivity index (χ0n) is 15.5. The standard InChI is InChI=1S/C19H29N5O2/c25-17(23-10-12-26-13-11-23)16-21-18-20-15-7-3-2-6-14(15)19(24(18)22-16)8-4-1-5-9-19/h14-15H,1-13H2,(H,20,21,22)/t14-,15+/m0/s1. The van der Waals surface area contributed by atoms with Crippen molar-refractivity contribution in [1.29, 1.82) is 0 Å². The van der Waals surface area contributed by atoms with Crippen LogP contribution in [0.4, 0.5) is 5.95 Å². The Hall–Kier alpha value is -1.63. The van der Waals surface area contributed by atoms with E-state index in [4.69, 9.17) is 9.84 Å². The van der Waals surface area contributed by atoms with Gasteiger partial charge in [0.2, 0.25) is 11.8 Å². The number of fused-ring (bicyclic) bond motifs is 4. The molecule has 1 aromatic heterocycles. The molecule has 26 heavy (non-hydrogen) atoms. The number of nitrogens with zero attached hydrogens (tertiary/aromatic N) is 4. The quantitative estimate of drug-likeness (QED) is 0.834. The molecule has 0 radical (unpaired) electrons. The molecule has 7 heteroatoms. The largest absolute Gasteiger partial charge is 0.378 e. The molecule has 1 spiro atoms. The lowest BCUT2D eigenvalue weighted by atomic mass is 9.64. The van der Waals surface area contributed by atoms with Gasteiger partial charge in [-0.05, 0) is 25.7 Å². The number of hydrogen-bond acceptors (Lipinski definition) is 5. The van der Waals surface area contributed by atoms with Gasteiger partial charge >= 0.3 is 0 Å². The Morgan fingerprint density at radius 1 is 1.08 bits per heavy atom. The average molecular weight is 359 g/mol. The number of carbonyl (C=O) groups is 1. The van der Waals surface area contributed by atoms with Crippen LogP contribution in [-0.4, -0.2) is 57.9 Å². The van der Waals surface area contributed by atoms with Crippen LogP contribution < -0.4 is 5.32 Å². The molecule has 7 nitrogen and oxygen atoms in total. The van der Waals surface area contributed by atoms with Gasteiger partial charge in [-0.3, -0.25) is 4.79 Å². The molecule has 142 valence electrons. The molecule has 0 unspecified atom stereocenters. The molecule has 2 atom stereocenters. The van der Waals surface area contributed by atoms with Gasteiger partial charge in [-0.15, -0.1) is 5.10 Å². The van der Waals surface area contributed by atoms with Crippen molar-refractivity contribution < 1.29 is 9.53 Å². The van der Waals surface area contributed by atoms with Crippen LogP contribution in [0.1, 0.15) is 68.4 Å². The summed E-state index contributed by atoms with van der Waals surface area (Å²) in [7, 11) is 0. The van der Waals surface area contributed by atoms with Crippen LogP contribution in [0.15, 0.2) is 0 Å². The van der Waals surface area contributed by atoms with Crippen molar-refractivity contribution in [2.75, 3.05) is 31.6 Å². The van der Waals surface area contributed by atoms with Gasteiger partial charge in [0.25, 0.3) is 5.91 Å². The number of ether oxygens (including phenoxy) is 1. The molecule has 1 saturated heterocycles. The maximum atomic E-state index is 12.9. The third-order valence-corrected chi connectivity index (χ3v) is 7.01. The number of rotatable bonds is 1. The molecular formula is C19H29N5O2. The van der Waals surface area contributed by atoms with Crippen molar-refractivity contribution in [3.63, 3.8) is 0 Å². The van der Waals surface area contributed by atoms with Gasteiger partial charge in [0.15, 0.2) is 0 Å². The van der Waals surface area contributed by atoms with Crippen LogP contribution in [0.25, 0.3) is 0 Å². The summed E-state index contributed by atoms with van der Waals surface area (Å²) >= 11 is 0. The summed E-state index contributed by atoms with van der Waals surface area (Å²) in [5.41, 5.74) is 0.0699. The number of carbonyl (C=O) groups excluding carboxylic acids is 1. The molecule has 4 aliphatic rings. The van der Waals surface area contributed by atoms with E-state index in [0.29, 0.717) is 44.1 Å². The fourth-order valence-corrected chi connectivity index (χ4v) is 5.73. The fourth-order valence-electron chi connectivity index (χ4n) is 5.73. The fraction of sp³-hybridized carbons (Fsp3) is 0.842. The summed E-state index contributed by atoms with van der Waals surface area (Å²) < 4.78 is 7.50. The number of hydrogen-bond donors (Lipinski definition) is 1. The second-order valence-corrected chi connectivity index (χ2v) is 8.38. The highest BCUT2D eigenvalue weighted by molar-refractivity contribution is 5.90. The number of amides is 1. The first-order valence-corrected chi connectivity index (χ1v) is 10.4. The maximum Gasteiger partial charge on any atom is 0.293 e. The van der Waals surface area contributed by atoms with Gasteiger partial charge in [-0.1, -0.05) is 32.1 Å². The molecule has 0 aromatic carbocycles. The van der Waals surface area contributed by atoms with Crippen LogP contribution in [0, 0.1) is 5.92 Å². The number of aromatic nitrogens is 3. The topological polar surface area (TPSA) is 72.3 Å². The van der Waals surface area contributed by atoms with E-state index in [2.05, 4.69) is 15.0 Å². The Kier molecular flexibility index (Phi) is 4.14. The van der Waals surface area contributed by atoms with Crippen LogP contribution in [0.5, 0.6) is 0 Å². The summed E-state index contributed by atoms with van der Waals surface area (Å²) in [4.78, 5) is 19.4. The van der Waals surface area contributed by atoms with Gasteiger partial charge in [0.05, 0.1) is 18.8 Å². The average Bonchev–Trinajstić information content (AvgIpc) is 3.14. The Balaban J connectivity index is 1.51. The van der Waals surface area contributed by atoms with Gasteiger partial charge in [-0.2, -0.15) is 4.98 Å². The summed E-state index contributed by atoms with van der Waals surface area (Å²) in [6, 6.07) is 0.491. The van der Waals surface area contributed by atoms with Gasteiger partial charge in [0.1, 0.15) is 0 Å². The van der Waals surface area contributed by atoms with Crippen molar-refractivity contribution in [3.05, 3.63) is 5.82 Å². The van der Waals surface area contributed by atoms with E-state index in [-0.39, 0.29) is 11.4 Å². The highest BCUT2D eigenvalue weighted by Gasteiger charge is 2.51. The lowest BCUT2D eigenvalue weighted by Gasteiger charge is -2.52. The van der Waals surface area contributed by atoms with Crippen LogP contribution >= 0.6 is 0 Å². The zero-order valence-corrected chi connectivity index (χ0v) is 15.5. The van der Waals surface area contributed by atoms with E-state index in [1.165, 1.54) is 57.8 Å². The Bertz CT molecular complexity index is 675. The highest BCUT2D eigenvalue weighted by Crippen LogP contribution is 2.50. The first-order valence-electron chi connectivity index (χ1n) is 10.4. The normalized spacial score (nSPS) is 30.4. The van der Waals surface area contributed by atoms with Crippen LogP contribution in [-0.2, 0) is 10.3 Å². The van der Waals surface area contributed by atoms with Gasteiger partial charge in [0, 0.05) is 25.0 Å².